The van der Waals surface area contributed by atoms with E-state index in [0.29, 0.717) is 11.0 Å². The molecule has 2 aromatic rings. The Labute approximate surface area is 143 Å². The zero-order chi connectivity index (χ0) is 17.4. The van der Waals surface area contributed by atoms with Gasteiger partial charge in [-0.3, -0.25) is 0 Å². The van der Waals surface area contributed by atoms with Crippen molar-refractivity contribution < 1.29 is 8.78 Å². The van der Waals surface area contributed by atoms with Crippen LogP contribution in [0.1, 0.15) is 76.6 Å². The first kappa shape index (κ1) is 18.8. The van der Waals surface area contributed by atoms with Crippen LogP contribution in [0.2, 0.25) is 0 Å². The molecule has 4 heteroatoms. The van der Waals surface area contributed by atoms with E-state index in [2.05, 4.69) is 23.8 Å². The van der Waals surface area contributed by atoms with E-state index in [4.69, 9.17) is 0 Å². The number of hydrogen-bond acceptors (Lipinski definition) is 2. The second kappa shape index (κ2) is 9.65. The van der Waals surface area contributed by atoms with Crippen LogP contribution in [-0.4, -0.2) is 9.97 Å². The molecule has 2 rings (SSSR count). The van der Waals surface area contributed by atoms with Crippen molar-refractivity contribution in [3.8, 4) is 0 Å². The van der Waals surface area contributed by atoms with Gasteiger partial charge >= 0.3 is 0 Å². The number of hydrogen-bond donors (Lipinski definition) is 0. The van der Waals surface area contributed by atoms with Gasteiger partial charge in [-0.25, -0.2) is 18.7 Å². The lowest BCUT2D eigenvalue weighted by molar-refractivity contribution is 0.510. The zero-order valence-corrected chi connectivity index (χ0v) is 14.9. The first-order valence-corrected chi connectivity index (χ1v) is 9.30. The van der Waals surface area contributed by atoms with Crippen LogP contribution < -0.4 is 0 Å². The van der Waals surface area contributed by atoms with Crippen LogP contribution in [0.3, 0.4) is 0 Å². The Kier molecular flexibility index (Phi) is 7.54. The molecule has 2 nitrogen and oxygen atoms in total. The Morgan fingerprint density at radius 1 is 0.667 bits per heavy atom. The summed E-state index contributed by atoms with van der Waals surface area (Å²) in [6.45, 7) is 4.37. The summed E-state index contributed by atoms with van der Waals surface area (Å²) in [5.74, 6) is -1.71. The van der Waals surface area contributed by atoms with Gasteiger partial charge in [-0.2, -0.15) is 0 Å². The summed E-state index contributed by atoms with van der Waals surface area (Å²) in [4.78, 5) is 9.21. The number of halogens is 2. The lowest BCUT2D eigenvalue weighted by Gasteiger charge is -2.10. The molecule has 0 unspecified atom stereocenters. The molecule has 0 N–H and O–H groups in total. The number of benzene rings is 1. The van der Waals surface area contributed by atoms with E-state index in [1.807, 2.05) is 0 Å². The molecule has 0 saturated heterocycles. The average Bonchev–Trinajstić information content (AvgIpc) is 2.57. The fraction of sp³-hybridized carbons (Fsp3) is 0.600. The Morgan fingerprint density at radius 3 is 1.46 bits per heavy atom. The van der Waals surface area contributed by atoms with Crippen molar-refractivity contribution in [2.24, 2.45) is 0 Å². The van der Waals surface area contributed by atoms with Crippen LogP contribution in [0.5, 0.6) is 0 Å². The monoisotopic (exact) mass is 334 g/mol. The number of unbranched alkanes of at least 4 members (excludes halogenated alkanes) is 6. The standard InChI is InChI=1S/C20H28F2N2/c1-3-5-7-9-11-17-18(12-10-8-6-4-2)24-20-14-16(22)15(21)13-19(20)23-17/h13-14H,3-12H2,1-2H3. The third kappa shape index (κ3) is 5.22. The molecule has 132 valence electrons. The van der Waals surface area contributed by atoms with Crippen LogP contribution in [0, 0.1) is 11.6 Å². The normalized spacial score (nSPS) is 11.3. The number of aryl methyl sites for hydroxylation is 2. The number of aromatic nitrogens is 2. The van der Waals surface area contributed by atoms with E-state index in [9.17, 15) is 8.78 Å². The summed E-state index contributed by atoms with van der Waals surface area (Å²) in [6, 6.07) is 2.32. The summed E-state index contributed by atoms with van der Waals surface area (Å²) in [5.41, 5.74) is 2.83. The summed E-state index contributed by atoms with van der Waals surface area (Å²) in [5, 5.41) is 0. The zero-order valence-electron chi connectivity index (χ0n) is 14.9. The molecule has 24 heavy (non-hydrogen) atoms. The smallest absolute Gasteiger partial charge is 0.161 e. The summed E-state index contributed by atoms with van der Waals surface area (Å²) in [6.07, 6.45) is 11.0. The predicted molar refractivity (Wildman–Crippen MR) is 95.1 cm³/mol. The number of rotatable bonds is 10. The summed E-state index contributed by atoms with van der Waals surface area (Å²) >= 11 is 0. The minimum atomic E-state index is -0.857. The van der Waals surface area contributed by atoms with E-state index < -0.39 is 11.6 Å². The molecule has 0 amide bonds. The van der Waals surface area contributed by atoms with E-state index in [0.717, 1.165) is 49.2 Å². The Bertz CT molecular complexity index is 599. The highest BCUT2D eigenvalue weighted by Gasteiger charge is 2.12. The van der Waals surface area contributed by atoms with Gasteiger partial charge in [0.05, 0.1) is 22.4 Å². The second-order valence-electron chi connectivity index (χ2n) is 6.49. The fourth-order valence-electron chi connectivity index (χ4n) is 2.96. The molecule has 1 heterocycles. The van der Waals surface area contributed by atoms with Gasteiger partial charge in [0.25, 0.3) is 0 Å². The summed E-state index contributed by atoms with van der Waals surface area (Å²) in [7, 11) is 0. The van der Waals surface area contributed by atoms with Crippen molar-refractivity contribution in [3.05, 3.63) is 35.2 Å². The van der Waals surface area contributed by atoms with E-state index in [1.165, 1.54) is 38.5 Å². The first-order valence-electron chi connectivity index (χ1n) is 9.30. The van der Waals surface area contributed by atoms with Gasteiger partial charge in [0.2, 0.25) is 0 Å². The van der Waals surface area contributed by atoms with Crippen LogP contribution >= 0.6 is 0 Å². The molecule has 0 aliphatic rings. The fourth-order valence-corrected chi connectivity index (χ4v) is 2.96. The quantitative estimate of drug-likeness (QED) is 0.487. The number of nitrogens with zero attached hydrogens (tertiary/aromatic N) is 2. The van der Waals surface area contributed by atoms with Crippen LogP contribution in [0.4, 0.5) is 8.78 Å². The highest BCUT2D eigenvalue weighted by molar-refractivity contribution is 5.74. The maximum Gasteiger partial charge on any atom is 0.161 e. The van der Waals surface area contributed by atoms with Crippen LogP contribution in [-0.2, 0) is 12.8 Å². The molecular weight excluding hydrogens is 306 g/mol. The molecule has 0 atom stereocenters. The molecule has 0 spiro atoms. The Hall–Kier alpha value is -1.58. The lowest BCUT2D eigenvalue weighted by atomic mass is 10.0. The second-order valence-corrected chi connectivity index (χ2v) is 6.49. The molecule has 0 saturated carbocycles. The molecule has 0 aliphatic carbocycles. The van der Waals surface area contributed by atoms with Crippen molar-refractivity contribution in [2.75, 3.05) is 0 Å². The van der Waals surface area contributed by atoms with Crippen molar-refractivity contribution in [2.45, 2.75) is 78.1 Å². The van der Waals surface area contributed by atoms with Crippen molar-refractivity contribution >= 4 is 11.0 Å². The molecule has 0 bridgehead atoms. The van der Waals surface area contributed by atoms with E-state index in [-0.39, 0.29) is 0 Å². The van der Waals surface area contributed by atoms with Crippen LogP contribution in [0.15, 0.2) is 12.1 Å². The van der Waals surface area contributed by atoms with Gasteiger partial charge in [-0.05, 0) is 25.7 Å². The van der Waals surface area contributed by atoms with E-state index >= 15 is 0 Å². The van der Waals surface area contributed by atoms with Gasteiger partial charge < -0.3 is 0 Å². The highest BCUT2D eigenvalue weighted by atomic mass is 19.2. The maximum atomic E-state index is 13.5. The summed E-state index contributed by atoms with van der Waals surface area (Å²) < 4.78 is 27.0. The van der Waals surface area contributed by atoms with Crippen molar-refractivity contribution in [1.29, 1.82) is 0 Å². The Morgan fingerprint density at radius 2 is 1.08 bits per heavy atom. The predicted octanol–water partition coefficient (Wildman–Crippen LogP) is 6.15. The Balaban J connectivity index is 2.22. The topological polar surface area (TPSA) is 25.8 Å². The molecule has 0 aliphatic heterocycles. The molecule has 0 fully saturated rings. The third-order valence-corrected chi connectivity index (χ3v) is 4.40. The van der Waals surface area contributed by atoms with Gasteiger partial charge in [0, 0.05) is 12.1 Å². The first-order chi connectivity index (χ1) is 11.7. The third-order valence-electron chi connectivity index (χ3n) is 4.40. The minimum Gasteiger partial charge on any atom is -0.249 e. The van der Waals surface area contributed by atoms with Gasteiger partial charge in [-0.15, -0.1) is 0 Å². The SMILES string of the molecule is CCCCCCc1nc2cc(F)c(F)cc2nc1CCCCCC. The number of fused-ring (bicyclic) bond motifs is 1. The van der Waals surface area contributed by atoms with E-state index in [1.54, 1.807) is 0 Å². The average molecular weight is 334 g/mol. The van der Waals surface area contributed by atoms with Crippen molar-refractivity contribution in [1.82, 2.24) is 9.97 Å². The largest absolute Gasteiger partial charge is 0.249 e. The molecular formula is C20H28F2N2. The van der Waals surface area contributed by atoms with Crippen molar-refractivity contribution in [3.63, 3.8) is 0 Å². The van der Waals surface area contributed by atoms with Gasteiger partial charge in [0.15, 0.2) is 11.6 Å². The molecule has 0 radical (unpaired) electrons. The minimum absolute atomic E-state index is 0.455. The lowest BCUT2D eigenvalue weighted by Crippen LogP contribution is -2.04. The molecule has 1 aromatic heterocycles. The maximum absolute atomic E-state index is 13.5. The molecule has 1 aromatic carbocycles. The van der Waals surface area contributed by atoms with Gasteiger partial charge in [-0.1, -0.05) is 52.4 Å². The van der Waals surface area contributed by atoms with Gasteiger partial charge in [0.1, 0.15) is 0 Å². The van der Waals surface area contributed by atoms with Crippen LogP contribution in [0.25, 0.3) is 11.0 Å². The highest BCUT2D eigenvalue weighted by Crippen LogP contribution is 2.20.